The molecule has 2 aliphatic rings. The van der Waals surface area contributed by atoms with Gasteiger partial charge in [-0.2, -0.15) is 0 Å². The molecule has 1 fully saturated rings. The van der Waals surface area contributed by atoms with Crippen molar-refractivity contribution < 1.29 is 28.7 Å². The number of anilines is 1. The quantitative estimate of drug-likeness (QED) is 0.275. The number of esters is 2. The van der Waals surface area contributed by atoms with E-state index in [9.17, 15) is 24.0 Å². The normalized spacial score (nSPS) is 19.8. The van der Waals surface area contributed by atoms with Gasteiger partial charge >= 0.3 is 16.8 Å². The summed E-state index contributed by atoms with van der Waals surface area (Å²) in [5, 5.41) is -0.0312. The molecule has 0 N–H and O–H groups in total. The van der Waals surface area contributed by atoms with Gasteiger partial charge in [-0.3, -0.25) is 23.7 Å². The summed E-state index contributed by atoms with van der Waals surface area (Å²) in [6.45, 7) is 3.39. The first-order chi connectivity index (χ1) is 19.2. The maximum Gasteiger partial charge on any atom is 0.338 e. The maximum absolute atomic E-state index is 14.0. The first-order valence-corrected chi connectivity index (χ1v) is 14.8. The van der Waals surface area contributed by atoms with Gasteiger partial charge in [0.1, 0.15) is 11.8 Å². The lowest BCUT2D eigenvalue weighted by Gasteiger charge is -2.31. The van der Waals surface area contributed by atoms with Crippen LogP contribution in [0.4, 0.5) is 5.69 Å². The highest BCUT2D eigenvalue weighted by atomic mass is 35.5. The Morgan fingerprint density at radius 3 is 2.33 bits per heavy atom. The molecule has 40 heavy (non-hydrogen) atoms. The summed E-state index contributed by atoms with van der Waals surface area (Å²) >= 11 is 14.9. The van der Waals surface area contributed by atoms with Crippen LogP contribution in [0.3, 0.4) is 0 Å². The number of amides is 2. The van der Waals surface area contributed by atoms with Gasteiger partial charge in [-0.15, -0.1) is 0 Å². The van der Waals surface area contributed by atoms with Crippen LogP contribution in [0, 0.1) is 5.92 Å². The molecule has 2 unspecified atom stereocenters. The van der Waals surface area contributed by atoms with Gasteiger partial charge < -0.3 is 9.47 Å². The third kappa shape index (κ3) is 4.85. The smallest absolute Gasteiger partial charge is 0.338 e. The second-order valence-electron chi connectivity index (χ2n) is 8.89. The van der Waals surface area contributed by atoms with Gasteiger partial charge in [-0.1, -0.05) is 58.4 Å². The molecule has 3 atom stereocenters. The fourth-order valence-corrected chi connectivity index (χ4v) is 8.09. The number of carbonyl (C=O) groups excluding carboxylic acids is 4. The number of thioether (sulfide) groups is 1. The van der Waals surface area contributed by atoms with Crippen LogP contribution in [0.5, 0.6) is 0 Å². The van der Waals surface area contributed by atoms with E-state index in [2.05, 4.69) is 0 Å². The Bertz CT molecular complexity index is 1580. The van der Waals surface area contributed by atoms with E-state index < -0.39 is 45.7 Å². The number of hydrogen-bond donors (Lipinski definition) is 0. The lowest BCUT2D eigenvalue weighted by molar-refractivity contribution is -0.144. The zero-order valence-corrected chi connectivity index (χ0v) is 24.4. The molecule has 1 aromatic heterocycles. The van der Waals surface area contributed by atoms with Crippen LogP contribution < -0.4 is 9.77 Å². The zero-order valence-electron chi connectivity index (χ0n) is 21.2. The minimum absolute atomic E-state index is 0.148. The van der Waals surface area contributed by atoms with E-state index >= 15 is 0 Å². The summed E-state index contributed by atoms with van der Waals surface area (Å²) in [4.78, 5) is 66.4. The number of halogens is 2. The Morgan fingerprint density at radius 1 is 0.950 bits per heavy atom. The molecule has 0 radical (unpaired) electrons. The largest absolute Gasteiger partial charge is 0.465 e. The molecular weight excluding hydrogens is 599 g/mol. The number of fused-ring (bicyclic) bond motifs is 2. The molecule has 3 aromatic rings. The molecule has 208 valence electrons. The monoisotopic (exact) mass is 620 g/mol. The summed E-state index contributed by atoms with van der Waals surface area (Å²) < 4.78 is 11.3. The van der Waals surface area contributed by atoms with Crippen LogP contribution in [0.15, 0.2) is 52.3 Å². The van der Waals surface area contributed by atoms with E-state index in [1.807, 2.05) is 0 Å². The van der Waals surface area contributed by atoms with Crippen molar-refractivity contribution in [2.45, 2.75) is 36.6 Å². The molecule has 13 heteroatoms. The second-order valence-corrected chi connectivity index (χ2v) is 11.8. The standard InChI is InChI=1S/C27H22Cl2N2O7S2/c1-3-37-17(32)12-30-25-22(40-27(30)36)18(15-6-5-7-16(28)20(15)29)19-21(39-25)24(34)31(23(19)33)14-10-8-13(9-11-14)26(35)38-4-2/h5-11,18-19,21H,3-4,12H2,1-2H3/t18-,19?,21?/m1/s1. The van der Waals surface area contributed by atoms with Crippen molar-refractivity contribution in [1.29, 1.82) is 0 Å². The van der Waals surface area contributed by atoms with Crippen molar-refractivity contribution >= 4 is 75.7 Å². The Hall–Kier alpha value is -3.12. The molecule has 0 saturated carbocycles. The molecule has 5 rings (SSSR count). The lowest BCUT2D eigenvalue weighted by atomic mass is 9.83. The number of hydrogen-bond acceptors (Lipinski definition) is 9. The number of imide groups is 1. The Morgan fingerprint density at radius 2 is 1.65 bits per heavy atom. The third-order valence-electron chi connectivity index (χ3n) is 6.59. The van der Waals surface area contributed by atoms with Gasteiger partial charge in [0.25, 0.3) is 0 Å². The fourth-order valence-electron chi connectivity index (χ4n) is 4.90. The number of thiazole rings is 1. The number of rotatable bonds is 7. The topological polar surface area (TPSA) is 112 Å². The molecule has 0 aliphatic carbocycles. The van der Waals surface area contributed by atoms with Crippen molar-refractivity contribution in [2.24, 2.45) is 5.92 Å². The van der Waals surface area contributed by atoms with Crippen LogP contribution in [0.1, 0.15) is 40.6 Å². The molecule has 2 aromatic carbocycles. The van der Waals surface area contributed by atoms with E-state index in [4.69, 9.17) is 32.7 Å². The molecular formula is C27H22Cl2N2O7S2. The SMILES string of the molecule is CCOC(=O)Cn1c2c(sc1=O)[C@H](c1cccc(Cl)c1Cl)C1C(=O)N(c3ccc(C(=O)OCC)cc3)C(=O)C1S2. The van der Waals surface area contributed by atoms with Crippen molar-refractivity contribution in [3.8, 4) is 0 Å². The van der Waals surface area contributed by atoms with Crippen LogP contribution in [0.25, 0.3) is 0 Å². The molecule has 3 heterocycles. The first-order valence-electron chi connectivity index (χ1n) is 12.3. The average Bonchev–Trinajstić information content (AvgIpc) is 3.37. The van der Waals surface area contributed by atoms with Crippen LogP contribution in [-0.2, 0) is 30.4 Å². The van der Waals surface area contributed by atoms with Gasteiger partial charge in [0, 0.05) is 10.8 Å². The van der Waals surface area contributed by atoms with E-state index in [1.165, 1.54) is 28.8 Å². The molecule has 9 nitrogen and oxygen atoms in total. The van der Waals surface area contributed by atoms with Crippen molar-refractivity contribution in [3.63, 3.8) is 0 Å². The summed E-state index contributed by atoms with van der Waals surface area (Å²) in [6.07, 6.45) is 0. The van der Waals surface area contributed by atoms with Gasteiger partial charge in [-0.05, 0) is 49.7 Å². The molecule has 0 spiro atoms. The number of aromatic nitrogens is 1. The Kier molecular flexibility index (Phi) is 8.10. The average molecular weight is 622 g/mol. The minimum atomic E-state index is -0.910. The highest BCUT2D eigenvalue weighted by Gasteiger charge is 2.57. The lowest BCUT2D eigenvalue weighted by Crippen LogP contribution is -2.33. The van der Waals surface area contributed by atoms with Gasteiger partial charge in [-0.25, -0.2) is 9.69 Å². The van der Waals surface area contributed by atoms with E-state index in [0.717, 1.165) is 28.0 Å². The first kappa shape index (κ1) is 28.4. The number of nitrogens with zero attached hydrogens (tertiary/aromatic N) is 2. The van der Waals surface area contributed by atoms with Crippen LogP contribution in [-0.4, -0.2) is 46.8 Å². The summed E-state index contributed by atoms with van der Waals surface area (Å²) in [5.74, 6) is -3.75. The van der Waals surface area contributed by atoms with Gasteiger partial charge in [0.05, 0.1) is 45.5 Å². The van der Waals surface area contributed by atoms with E-state index in [1.54, 1.807) is 32.0 Å². The predicted molar refractivity (Wildman–Crippen MR) is 152 cm³/mol. The predicted octanol–water partition coefficient (Wildman–Crippen LogP) is 4.75. The molecule has 1 saturated heterocycles. The van der Waals surface area contributed by atoms with Crippen molar-refractivity contribution in [2.75, 3.05) is 18.1 Å². The number of ether oxygens (including phenoxy) is 2. The summed E-state index contributed by atoms with van der Waals surface area (Å²) in [7, 11) is 0. The van der Waals surface area contributed by atoms with Crippen molar-refractivity contribution in [1.82, 2.24) is 4.57 Å². The highest BCUT2D eigenvalue weighted by Crippen LogP contribution is 2.55. The Labute approximate surface area is 247 Å². The van der Waals surface area contributed by atoms with Gasteiger partial charge in [0.2, 0.25) is 11.8 Å². The summed E-state index contributed by atoms with van der Waals surface area (Å²) in [6, 6.07) is 11.0. The molecule has 2 aliphatic heterocycles. The maximum atomic E-state index is 14.0. The molecule has 0 bridgehead atoms. The molecule has 2 amide bonds. The second kappa shape index (κ2) is 11.4. The van der Waals surface area contributed by atoms with Gasteiger partial charge in [0.15, 0.2) is 0 Å². The van der Waals surface area contributed by atoms with Crippen molar-refractivity contribution in [3.05, 3.63) is 78.2 Å². The zero-order chi connectivity index (χ0) is 28.7. The third-order valence-corrected chi connectivity index (χ3v) is 10.0. The van der Waals surface area contributed by atoms with Crippen LogP contribution in [0.2, 0.25) is 10.0 Å². The summed E-state index contributed by atoms with van der Waals surface area (Å²) in [5.41, 5.74) is 1.07. The minimum Gasteiger partial charge on any atom is -0.465 e. The Balaban J connectivity index is 1.61. The van der Waals surface area contributed by atoms with E-state index in [-0.39, 0.29) is 35.4 Å². The van der Waals surface area contributed by atoms with E-state index in [0.29, 0.717) is 21.2 Å². The number of benzene rings is 2. The highest BCUT2D eigenvalue weighted by molar-refractivity contribution is 8.00. The number of carbonyl (C=O) groups is 4. The van der Waals surface area contributed by atoms with Crippen LogP contribution >= 0.6 is 46.3 Å². The fraction of sp³-hybridized carbons (Fsp3) is 0.296.